The number of fused-ring (bicyclic) bond motifs is 1. The molecule has 1 heterocycles. The van der Waals surface area contributed by atoms with Gasteiger partial charge in [-0.2, -0.15) is 0 Å². The van der Waals surface area contributed by atoms with E-state index in [1.54, 1.807) is 0 Å². The number of rotatable bonds is 2. The molecule has 1 aliphatic rings. The topological polar surface area (TPSA) is 18.5 Å². The average molecular weight is 252 g/mol. The van der Waals surface area contributed by atoms with E-state index in [9.17, 15) is 0 Å². The Morgan fingerprint density at radius 2 is 1.56 bits per heavy atom. The molecular weight excluding hydrogens is 239 g/mol. The van der Waals surface area contributed by atoms with Crippen LogP contribution in [0.3, 0.4) is 0 Å². The average Bonchev–Trinajstić information content (AvgIpc) is 2.77. The summed E-state index contributed by atoms with van der Waals surface area (Å²) in [4.78, 5) is 0. The Morgan fingerprint density at radius 3 is 2.22 bits per heavy atom. The summed E-state index contributed by atoms with van der Waals surface area (Å²) >= 11 is 0. The van der Waals surface area contributed by atoms with Gasteiger partial charge in [-0.25, -0.2) is 0 Å². The Balaban J connectivity index is 1.78. The second-order valence-electron chi connectivity index (χ2n) is 4.41. The standard InChI is InChI=1S/C14H13BO2Si/c1-10-6-5-9-14(11(10)2)18-15-16-12-7-3-4-8-13(12)17-15/h3-9H,1-2H3. The van der Waals surface area contributed by atoms with Gasteiger partial charge in [-0.05, 0) is 37.1 Å². The van der Waals surface area contributed by atoms with Crippen molar-refractivity contribution in [2.24, 2.45) is 0 Å². The summed E-state index contributed by atoms with van der Waals surface area (Å²) in [6.45, 7) is 4.11. The van der Waals surface area contributed by atoms with Crippen molar-refractivity contribution in [1.82, 2.24) is 0 Å². The Morgan fingerprint density at radius 1 is 0.889 bits per heavy atom. The molecule has 3 rings (SSSR count). The minimum atomic E-state index is -0.178. The van der Waals surface area contributed by atoms with Crippen LogP contribution in [0.25, 0.3) is 0 Å². The highest BCUT2D eigenvalue weighted by Crippen LogP contribution is 2.32. The van der Waals surface area contributed by atoms with Crippen LogP contribution in [0.4, 0.5) is 0 Å². The molecule has 0 N–H and O–H groups in total. The van der Waals surface area contributed by atoms with Crippen molar-refractivity contribution in [3.05, 3.63) is 53.6 Å². The Labute approximate surface area is 110 Å². The Hall–Kier alpha value is -1.68. The summed E-state index contributed by atoms with van der Waals surface area (Å²) < 4.78 is 11.6. The van der Waals surface area contributed by atoms with Crippen molar-refractivity contribution >= 4 is 21.3 Å². The van der Waals surface area contributed by atoms with E-state index in [0.29, 0.717) is 9.39 Å². The van der Waals surface area contributed by atoms with Crippen molar-refractivity contribution in [1.29, 1.82) is 0 Å². The molecule has 88 valence electrons. The molecule has 2 radical (unpaired) electrons. The van der Waals surface area contributed by atoms with Crippen LogP contribution in [-0.2, 0) is 0 Å². The van der Waals surface area contributed by atoms with E-state index < -0.39 is 0 Å². The fourth-order valence-electron chi connectivity index (χ4n) is 1.99. The lowest BCUT2D eigenvalue weighted by Crippen LogP contribution is -2.41. The van der Waals surface area contributed by atoms with E-state index >= 15 is 0 Å². The van der Waals surface area contributed by atoms with Gasteiger partial charge in [0.05, 0.1) is 0 Å². The zero-order valence-electron chi connectivity index (χ0n) is 10.4. The molecule has 2 nitrogen and oxygen atoms in total. The summed E-state index contributed by atoms with van der Waals surface area (Å²) in [6.07, 6.45) is 0. The van der Waals surface area contributed by atoms with Crippen LogP contribution < -0.4 is 14.5 Å². The second-order valence-corrected chi connectivity index (χ2v) is 5.70. The van der Waals surface area contributed by atoms with Gasteiger partial charge in [-0.1, -0.05) is 35.5 Å². The molecule has 18 heavy (non-hydrogen) atoms. The monoisotopic (exact) mass is 252 g/mol. The van der Waals surface area contributed by atoms with Crippen molar-refractivity contribution < 1.29 is 9.31 Å². The van der Waals surface area contributed by atoms with E-state index in [1.165, 1.54) is 16.3 Å². The molecule has 0 atom stereocenters. The van der Waals surface area contributed by atoms with Gasteiger partial charge in [0, 0.05) is 0 Å². The molecule has 1 aliphatic heterocycles. The SMILES string of the molecule is Cc1cccc([Si]B2Oc3ccccc3O2)c1C. The predicted molar refractivity (Wildman–Crippen MR) is 74.8 cm³/mol. The summed E-state index contributed by atoms with van der Waals surface area (Å²) in [6, 6.07) is 14.2. The van der Waals surface area contributed by atoms with Crippen LogP contribution in [0.2, 0.25) is 0 Å². The van der Waals surface area contributed by atoms with Gasteiger partial charge in [-0.3, -0.25) is 0 Å². The van der Waals surface area contributed by atoms with Gasteiger partial charge in [0.1, 0.15) is 11.5 Å². The fourth-order valence-corrected chi connectivity index (χ4v) is 3.22. The summed E-state index contributed by atoms with van der Waals surface area (Å²) in [5.41, 5.74) is 2.65. The van der Waals surface area contributed by atoms with Gasteiger partial charge in [-0.15, -0.1) is 0 Å². The van der Waals surface area contributed by atoms with E-state index in [-0.39, 0.29) is 6.71 Å². The molecule has 0 saturated carbocycles. The van der Waals surface area contributed by atoms with E-state index in [1.807, 2.05) is 24.3 Å². The zero-order chi connectivity index (χ0) is 12.5. The van der Waals surface area contributed by atoms with Gasteiger partial charge < -0.3 is 9.31 Å². The van der Waals surface area contributed by atoms with Gasteiger partial charge in [0.2, 0.25) is 0 Å². The van der Waals surface area contributed by atoms with E-state index in [2.05, 4.69) is 32.0 Å². The largest absolute Gasteiger partial charge is 0.561 e. The minimum absolute atomic E-state index is 0.178. The summed E-state index contributed by atoms with van der Waals surface area (Å²) in [5.74, 6) is 1.70. The Kier molecular flexibility index (Phi) is 2.88. The van der Waals surface area contributed by atoms with Gasteiger partial charge in [0.25, 0.3) is 0 Å². The number of hydrogen-bond donors (Lipinski definition) is 0. The molecule has 2 aromatic carbocycles. The maximum atomic E-state index is 5.80. The highest BCUT2D eigenvalue weighted by molar-refractivity contribution is 7.12. The molecular formula is C14H13BO2Si. The molecule has 0 fully saturated rings. The van der Waals surface area contributed by atoms with Crippen molar-refractivity contribution in [2.75, 3.05) is 0 Å². The first-order valence-corrected chi connectivity index (χ1v) is 7.07. The maximum absolute atomic E-state index is 5.80. The third-order valence-corrected chi connectivity index (χ3v) is 4.52. The predicted octanol–water partition coefficient (Wildman–Crippen LogP) is 2.09. The molecule has 0 bridgehead atoms. The van der Waals surface area contributed by atoms with Crippen LogP contribution in [-0.4, -0.2) is 16.1 Å². The van der Waals surface area contributed by atoms with E-state index in [4.69, 9.17) is 9.31 Å². The molecule has 2 aromatic rings. The lowest BCUT2D eigenvalue weighted by Gasteiger charge is -2.09. The fraction of sp³-hybridized carbons (Fsp3) is 0.143. The minimum Gasteiger partial charge on any atom is -0.527 e. The second kappa shape index (κ2) is 4.54. The molecule has 0 amide bonds. The number of benzene rings is 2. The quantitative estimate of drug-likeness (QED) is 0.762. The molecule has 0 unspecified atom stereocenters. The summed E-state index contributed by atoms with van der Waals surface area (Å²) in [7, 11) is 0.505. The Bertz CT molecular complexity index is 561. The third kappa shape index (κ3) is 2.04. The number of aryl methyl sites for hydroxylation is 1. The molecule has 0 spiro atoms. The first kappa shape index (κ1) is 11.4. The van der Waals surface area contributed by atoms with Crippen LogP contribution >= 0.6 is 0 Å². The first-order valence-electron chi connectivity index (χ1n) is 5.99. The normalized spacial score (nSPS) is 12.9. The van der Waals surface area contributed by atoms with Crippen molar-refractivity contribution in [3.8, 4) is 11.5 Å². The molecule has 0 saturated heterocycles. The molecule has 0 aromatic heterocycles. The molecule has 0 aliphatic carbocycles. The van der Waals surface area contributed by atoms with Crippen LogP contribution in [0, 0.1) is 13.8 Å². The van der Waals surface area contributed by atoms with Gasteiger partial charge in [0.15, 0.2) is 9.39 Å². The highest BCUT2D eigenvalue weighted by atomic mass is 28.2. The van der Waals surface area contributed by atoms with Crippen molar-refractivity contribution in [3.63, 3.8) is 0 Å². The third-order valence-electron chi connectivity index (χ3n) is 3.20. The van der Waals surface area contributed by atoms with Crippen LogP contribution in [0.5, 0.6) is 11.5 Å². The number of para-hydroxylation sites is 2. The maximum Gasteiger partial charge on any atom is 0.561 e. The van der Waals surface area contributed by atoms with Crippen LogP contribution in [0.1, 0.15) is 11.1 Å². The first-order chi connectivity index (χ1) is 8.74. The molecule has 4 heteroatoms. The lowest BCUT2D eigenvalue weighted by atomic mass is 10.1. The zero-order valence-corrected chi connectivity index (χ0v) is 11.4. The van der Waals surface area contributed by atoms with Crippen molar-refractivity contribution in [2.45, 2.75) is 13.8 Å². The summed E-state index contributed by atoms with van der Waals surface area (Å²) in [5, 5.41) is 1.31. The smallest absolute Gasteiger partial charge is 0.527 e. The number of hydrogen-bond acceptors (Lipinski definition) is 2. The highest BCUT2D eigenvalue weighted by Gasteiger charge is 2.32. The van der Waals surface area contributed by atoms with E-state index in [0.717, 1.165) is 11.5 Å². The lowest BCUT2D eigenvalue weighted by molar-refractivity contribution is 0.528. The van der Waals surface area contributed by atoms with Crippen LogP contribution in [0.15, 0.2) is 42.5 Å². The van der Waals surface area contributed by atoms with Gasteiger partial charge >= 0.3 is 6.71 Å².